The van der Waals surface area contributed by atoms with E-state index in [-0.39, 0.29) is 0 Å². The molecule has 0 spiro atoms. The molecule has 0 saturated heterocycles. The van der Waals surface area contributed by atoms with Gasteiger partial charge in [-0.15, -0.1) is 0 Å². The van der Waals surface area contributed by atoms with Gasteiger partial charge in [-0.05, 0) is 44.0 Å². The first kappa shape index (κ1) is 11.0. The summed E-state index contributed by atoms with van der Waals surface area (Å²) < 4.78 is 2.17. The Morgan fingerprint density at radius 2 is 2.19 bits per heavy atom. The van der Waals surface area contributed by atoms with E-state index < -0.39 is 0 Å². The Labute approximate surface area is 95.5 Å². The van der Waals surface area contributed by atoms with Crippen LogP contribution in [0.25, 0.3) is 10.9 Å². The van der Waals surface area contributed by atoms with Crippen molar-refractivity contribution < 1.29 is 5.11 Å². The van der Waals surface area contributed by atoms with Gasteiger partial charge in [-0.1, -0.05) is 0 Å². The molecule has 1 heterocycles. The van der Waals surface area contributed by atoms with Crippen molar-refractivity contribution in [1.82, 2.24) is 4.57 Å². The predicted molar refractivity (Wildman–Crippen MR) is 66.7 cm³/mol. The molecule has 3 nitrogen and oxygen atoms in total. The fourth-order valence-corrected chi connectivity index (χ4v) is 2.11. The molecule has 0 fully saturated rings. The molecule has 0 unspecified atom stereocenters. The first-order chi connectivity index (χ1) is 7.76. The van der Waals surface area contributed by atoms with Gasteiger partial charge >= 0.3 is 0 Å². The maximum atomic E-state index is 9.50. The van der Waals surface area contributed by atoms with Gasteiger partial charge in [0.1, 0.15) is 5.75 Å². The van der Waals surface area contributed by atoms with E-state index in [1.807, 2.05) is 12.1 Å². The van der Waals surface area contributed by atoms with Gasteiger partial charge in [0.2, 0.25) is 0 Å². The summed E-state index contributed by atoms with van der Waals surface area (Å²) in [5.41, 5.74) is 7.96. The summed E-state index contributed by atoms with van der Waals surface area (Å²) in [7, 11) is 0. The number of aromatic hydroxyl groups is 1. The van der Waals surface area contributed by atoms with Crippen molar-refractivity contribution in [2.45, 2.75) is 26.3 Å². The van der Waals surface area contributed by atoms with E-state index >= 15 is 0 Å². The van der Waals surface area contributed by atoms with Gasteiger partial charge in [0, 0.05) is 24.2 Å². The number of phenolic OH excluding ortho intramolecular Hbond substituents is 1. The Hall–Kier alpha value is -1.48. The van der Waals surface area contributed by atoms with Crippen molar-refractivity contribution in [2.24, 2.45) is 5.73 Å². The van der Waals surface area contributed by atoms with Crippen LogP contribution in [0.4, 0.5) is 0 Å². The molecule has 86 valence electrons. The van der Waals surface area contributed by atoms with Crippen LogP contribution < -0.4 is 5.73 Å². The summed E-state index contributed by atoms with van der Waals surface area (Å²) in [6.45, 7) is 3.75. The van der Waals surface area contributed by atoms with Crippen molar-refractivity contribution in [3.63, 3.8) is 0 Å². The number of nitrogens with two attached hydrogens (primary N) is 1. The number of aryl methyl sites for hydroxylation is 2. The van der Waals surface area contributed by atoms with E-state index in [9.17, 15) is 5.11 Å². The summed E-state index contributed by atoms with van der Waals surface area (Å²) >= 11 is 0. The summed E-state index contributed by atoms with van der Waals surface area (Å²) in [5, 5.41) is 10.7. The van der Waals surface area contributed by atoms with Crippen LogP contribution in [-0.4, -0.2) is 16.2 Å². The van der Waals surface area contributed by atoms with Crippen molar-refractivity contribution >= 4 is 10.9 Å². The Morgan fingerprint density at radius 3 is 2.88 bits per heavy atom. The van der Waals surface area contributed by atoms with Crippen molar-refractivity contribution in [1.29, 1.82) is 0 Å². The topological polar surface area (TPSA) is 51.2 Å². The molecule has 1 aromatic heterocycles. The third kappa shape index (κ3) is 1.91. The zero-order valence-corrected chi connectivity index (χ0v) is 9.61. The number of aromatic nitrogens is 1. The minimum Gasteiger partial charge on any atom is -0.508 e. The average Bonchev–Trinajstić information content (AvgIpc) is 2.63. The maximum Gasteiger partial charge on any atom is 0.117 e. The minimum atomic E-state index is 0.325. The fourth-order valence-electron chi connectivity index (χ4n) is 2.11. The van der Waals surface area contributed by atoms with Crippen LogP contribution in [-0.2, 0) is 13.0 Å². The van der Waals surface area contributed by atoms with E-state index in [2.05, 4.69) is 17.7 Å². The number of phenols is 1. The lowest BCUT2D eigenvalue weighted by atomic mass is 10.1. The van der Waals surface area contributed by atoms with E-state index in [0.29, 0.717) is 5.75 Å². The molecule has 3 N–H and O–H groups in total. The van der Waals surface area contributed by atoms with Gasteiger partial charge in [0.05, 0.1) is 5.52 Å². The monoisotopic (exact) mass is 218 g/mol. The molecule has 1 aromatic carbocycles. The molecule has 16 heavy (non-hydrogen) atoms. The zero-order chi connectivity index (χ0) is 11.5. The average molecular weight is 218 g/mol. The molecule has 0 bridgehead atoms. The predicted octanol–water partition coefficient (Wildman–Crippen LogP) is 2.26. The summed E-state index contributed by atoms with van der Waals surface area (Å²) in [4.78, 5) is 0. The van der Waals surface area contributed by atoms with E-state index in [1.54, 1.807) is 6.07 Å². The molecule has 0 atom stereocenters. The second-order valence-electron chi connectivity index (χ2n) is 4.03. The molecule has 0 saturated carbocycles. The standard InChI is InChI=1S/C13H18N2O/c1-2-15-9-10(4-3-7-14)12-6-5-11(16)8-13(12)15/h5-6,8-9,16H,2-4,7,14H2,1H3. The second kappa shape index (κ2) is 4.58. The number of fused-ring (bicyclic) bond motifs is 1. The lowest BCUT2D eigenvalue weighted by Gasteiger charge is -2.00. The van der Waals surface area contributed by atoms with Gasteiger partial charge in [-0.2, -0.15) is 0 Å². The highest BCUT2D eigenvalue weighted by atomic mass is 16.3. The molecule has 0 amide bonds. The highest BCUT2D eigenvalue weighted by Gasteiger charge is 2.07. The molecule has 2 aromatic rings. The Kier molecular flexibility index (Phi) is 3.15. The lowest BCUT2D eigenvalue weighted by molar-refractivity contribution is 0.476. The molecule has 0 radical (unpaired) electrons. The Bertz CT molecular complexity index is 488. The summed E-state index contributed by atoms with van der Waals surface area (Å²) in [6, 6.07) is 5.56. The largest absolute Gasteiger partial charge is 0.508 e. The maximum absolute atomic E-state index is 9.50. The van der Waals surface area contributed by atoms with Crippen LogP contribution in [0.1, 0.15) is 18.9 Å². The second-order valence-corrected chi connectivity index (χ2v) is 4.03. The van der Waals surface area contributed by atoms with Gasteiger partial charge in [0.25, 0.3) is 0 Å². The number of benzene rings is 1. The Balaban J connectivity index is 2.50. The third-order valence-corrected chi connectivity index (χ3v) is 2.94. The smallest absolute Gasteiger partial charge is 0.117 e. The van der Waals surface area contributed by atoms with Crippen LogP contribution in [0.3, 0.4) is 0 Å². The van der Waals surface area contributed by atoms with Crippen LogP contribution in [0.2, 0.25) is 0 Å². The molecular formula is C13H18N2O. The van der Waals surface area contributed by atoms with E-state index in [1.165, 1.54) is 10.9 Å². The van der Waals surface area contributed by atoms with Crippen LogP contribution in [0.15, 0.2) is 24.4 Å². The zero-order valence-electron chi connectivity index (χ0n) is 9.61. The minimum absolute atomic E-state index is 0.325. The molecule has 2 rings (SSSR count). The number of nitrogens with zero attached hydrogens (tertiary/aromatic N) is 1. The van der Waals surface area contributed by atoms with Crippen molar-refractivity contribution in [3.05, 3.63) is 30.0 Å². The number of hydrogen-bond acceptors (Lipinski definition) is 2. The van der Waals surface area contributed by atoms with Crippen LogP contribution in [0, 0.1) is 0 Å². The number of hydrogen-bond donors (Lipinski definition) is 2. The first-order valence-corrected chi connectivity index (χ1v) is 5.77. The first-order valence-electron chi connectivity index (χ1n) is 5.77. The van der Waals surface area contributed by atoms with Gasteiger partial charge in [0.15, 0.2) is 0 Å². The van der Waals surface area contributed by atoms with Crippen molar-refractivity contribution in [3.8, 4) is 5.75 Å². The Morgan fingerprint density at radius 1 is 1.38 bits per heavy atom. The highest BCUT2D eigenvalue weighted by molar-refractivity contribution is 5.85. The normalized spacial score (nSPS) is 11.1. The highest BCUT2D eigenvalue weighted by Crippen LogP contribution is 2.26. The molecule has 3 heteroatoms. The molecule has 0 aliphatic carbocycles. The summed E-state index contributed by atoms with van der Waals surface area (Å²) in [6.07, 6.45) is 4.17. The van der Waals surface area contributed by atoms with Crippen molar-refractivity contribution in [2.75, 3.05) is 6.54 Å². The van der Waals surface area contributed by atoms with Gasteiger partial charge in [-0.3, -0.25) is 0 Å². The SMILES string of the molecule is CCn1cc(CCCN)c2ccc(O)cc21. The fraction of sp³-hybridized carbons (Fsp3) is 0.385. The van der Waals surface area contributed by atoms with E-state index in [0.717, 1.165) is 31.4 Å². The number of rotatable bonds is 4. The summed E-state index contributed by atoms with van der Waals surface area (Å²) in [5.74, 6) is 0.325. The molecule has 0 aliphatic heterocycles. The molecular weight excluding hydrogens is 200 g/mol. The van der Waals surface area contributed by atoms with Crippen LogP contribution in [0.5, 0.6) is 5.75 Å². The lowest BCUT2D eigenvalue weighted by Crippen LogP contribution is -1.99. The molecule has 0 aliphatic rings. The van der Waals surface area contributed by atoms with Crippen LogP contribution >= 0.6 is 0 Å². The van der Waals surface area contributed by atoms with E-state index in [4.69, 9.17) is 5.73 Å². The quantitative estimate of drug-likeness (QED) is 0.827. The third-order valence-electron chi connectivity index (χ3n) is 2.94. The van der Waals surface area contributed by atoms with Gasteiger partial charge < -0.3 is 15.4 Å². The van der Waals surface area contributed by atoms with Gasteiger partial charge in [-0.25, -0.2) is 0 Å².